The summed E-state index contributed by atoms with van der Waals surface area (Å²) in [4.78, 5) is 12.0. The molecule has 17 heavy (non-hydrogen) atoms. The van der Waals surface area contributed by atoms with E-state index in [0.717, 1.165) is 13.0 Å². The van der Waals surface area contributed by atoms with Crippen molar-refractivity contribution >= 4 is 11.8 Å². The van der Waals surface area contributed by atoms with Crippen molar-refractivity contribution in [1.82, 2.24) is 4.90 Å². The van der Waals surface area contributed by atoms with Crippen LogP contribution in [0.1, 0.15) is 12.0 Å². The van der Waals surface area contributed by atoms with Crippen molar-refractivity contribution in [3.8, 4) is 0 Å². The van der Waals surface area contributed by atoms with E-state index in [1.807, 2.05) is 17.2 Å². The van der Waals surface area contributed by atoms with Crippen molar-refractivity contribution < 1.29 is 9.31 Å². The Morgan fingerprint density at radius 2 is 2.29 bits per heavy atom. The summed E-state index contributed by atoms with van der Waals surface area (Å²) in [5.74, 6) is -0.585. The quantitative estimate of drug-likeness (QED) is 0.596. The van der Waals surface area contributed by atoms with Gasteiger partial charge in [-0.05, 0) is 24.8 Å². The molecule has 0 saturated heterocycles. The Balaban J connectivity index is 2.30. The summed E-state index contributed by atoms with van der Waals surface area (Å²) in [6.07, 6.45) is 7.87. The zero-order valence-corrected chi connectivity index (χ0v) is 9.04. The van der Waals surface area contributed by atoms with Crippen molar-refractivity contribution in [2.24, 2.45) is 0 Å². The van der Waals surface area contributed by atoms with Crippen molar-refractivity contribution in [2.45, 2.75) is 6.42 Å². The predicted molar refractivity (Wildman–Crippen MR) is 62.6 cm³/mol. The third-order valence-corrected chi connectivity index (χ3v) is 2.51. The molecule has 4 nitrogen and oxygen atoms in total. The van der Waals surface area contributed by atoms with Crippen LogP contribution in [0.25, 0.3) is 6.08 Å². The summed E-state index contributed by atoms with van der Waals surface area (Å²) in [6, 6.07) is 3.84. The first-order chi connectivity index (χ1) is 8.18. The lowest BCUT2D eigenvalue weighted by molar-refractivity contribution is -0.385. The van der Waals surface area contributed by atoms with E-state index >= 15 is 0 Å². The molecular weight excluding hydrogens is 223 g/mol. The van der Waals surface area contributed by atoms with Crippen molar-refractivity contribution in [2.75, 3.05) is 6.54 Å². The third-order valence-electron chi connectivity index (χ3n) is 2.51. The fourth-order valence-electron chi connectivity index (χ4n) is 1.65. The Labute approximate surface area is 97.8 Å². The minimum Gasteiger partial charge on any atom is -0.354 e. The zero-order chi connectivity index (χ0) is 12.3. The summed E-state index contributed by atoms with van der Waals surface area (Å²) in [5.41, 5.74) is -0.206. The van der Waals surface area contributed by atoms with Gasteiger partial charge in [-0.25, -0.2) is 4.39 Å². The van der Waals surface area contributed by atoms with E-state index in [4.69, 9.17) is 0 Å². The molecule has 0 N–H and O–H groups in total. The number of hydrogen-bond acceptors (Lipinski definition) is 3. The van der Waals surface area contributed by atoms with Crippen molar-refractivity contribution in [3.63, 3.8) is 0 Å². The van der Waals surface area contributed by atoms with Gasteiger partial charge in [0.2, 0.25) is 0 Å². The van der Waals surface area contributed by atoms with E-state index < -0.39 is 10.7 Å². The molecule has 88 valence electrons. The first kappa shape index (κ1) is 11.3. The lowest BCUT2D eigenvalue weighted by Crippen LogP contribution is -2.04. The first-order valence-corrected chi connectivity index (χ1v) is 5.22. The van der Waals surface area contributed by atoms with Crippen LogP contribution in [0.2, 0.25) is 0 Å². The van der Waals surface area contributed by atoms with Gasteiger partial charge < -0.3 is 4.90 Å². The largest absolute Gasteiger partial charge is 0.354 e. The summed E-state index contributed by atoms with van der Waals surface area (Å²) < 4.78 is 13.5. The molecule has 1 heterocycles. The Bertz CT molecular complexity index is 497. The average molecular weight is 234 g/mol. The predicted octanol–water partition coefficient (Wildman–Crippen LogP) is 2.92. The Morgan fingerprint density at radius 3 is 2.94 bits per heavy atom. The van der Waals surface area contributed by atoms with E-state index in [-0.39, 0.29) is 11.3 Å². The maximum absolute atomic E-state index is 13.5. The smallest absolute Gasteiger partial charge is 0.279 e. The number of nitro groups is 1. The second-order valence-electron chi connectivity index (χ2n) is 3.66. The van der Waals surface area contributed by atoms with Crippen LogP contribution in [-0.2, 0) is 0 Å². The highest BCUT2D eigenvalue weighted by Gasteiger charge is 2.15. The number of nitrogens with zero attached hydrogens (tertiary/aromatic N) is 2. The van der Waals surface area contributed by atoms with Gasteiger partial charge in [-0.15, -0.1) is 0 Å². The molecule has 1 aliphatic rings. The molecule has 1 aromatic rings. The molecule has 0 amide bonds. The highest BCUT2D eigenvalue weighted by Crippen LogP contribution is 2.23. The van der Waals surface area contributed by atoms with Gasteiger partial charge in [-0.2, -0.15) is 0 Å². The maximum atomic E-state index is 13.5. The molecule has 0 fully saturated rings. The second-order valence-corrected chi connectivity index (χ2v) is 3.66. The van der Waals surface area contributed by atoms with Crippen LogP contribution in [-0.4, -0.2) is 16.4 Å². The molecule has 1 aromatic carbocycles. The first-order valence-electron chi connectivity index (χ1n) is 5.22. The van der Waals surface area contributed by atoms with Crippen molar-refractivity contribution in [3.05, 3.63) is 58.2 Å². The summed E-state index contributed by atoms with van der Waals surface area (Å²) in [5, 5.41) is 10.7. The molecule has 0 unspecified atom stereocenters. The Kier molecular flexibility index (Phi) is 3.18. The van der Waals surface area contributed by atoms with Gasteiger partial charge in [0.15, 0.2) is 0 Å². The minimum atomic E-state index is -0.585. The molecule has 0 atom stereocenters. The maximum Gasteiger partial charge on any atom is 0.279 e. The normalized spacial score (nSPS) is 14.8. The van der Waals surface area contributed by atoms with E-state index in [0.29, 0.717) is 0 Å². The van der Waals surface area contributed by atoms with E-state index in [1.165, 1.54) is 24.3 Å². The van der Waals surface area contributed by atoms with E-state index in [2.05, 4.69) is 0 Å². The van der Waals surface area contributed by atoms with Gasteiger partial charge in [0.1, 0.15) is 5.82 Å². The van der Waals surface area contributed by atoms with Crippen LogP contribution >= 0.6 is 0 Å². The number of halogens is 1. The standard InChI is InChI=1S/C12H11FN2O2/c13-11-4-3-5-12(15(16)17)10(11)6-9-14-7-1-2-8-14/h1,3-7,9H,2,8H2. The van der Waals surface area contributed by atoms with Crippen LogP contribution in [0.4, 0.5) is 10.1 Å². The number of benzene rings is 1. The average Bonchev–Trinajstić information content (AvgIpc) is 2.80. The van der Waals surface area contributed by atoms with Gasteiger partial charge in [-0.1, -0.05) is 12.1 Å². The van der Waals surface area contributed by atoms with E-state index in [9.17, 15) is 14.5 Å². The van der Waals surface area contributed by atoms with Crippen molar-refractivity contribution in [1.29, 1.82) is 0 Å². The van der Waals surface area contributed by atoms with Gasteiger partial charge in [0.05, 0.1) is 10.5 Å². The number of nitro benzene ring substituents is 1. The van der Waals surface area contributed by atoms with Crippen LogP contribution in [0.5, 0.6) is 0 Å². The van der Waals surface area contributed by atoms with Crippen LogP contribution in [0.15, 0.2) is 36.7 Å². The van der Waals surface area contributed by atoms with Gasteiger partial charge >= 0.3 is 0 Å². The zero-order valence-electron chi connectivity index (χ0n) is 9.04. The highest BCUT2D eigenvalue weighted by molar-refractivity contribution is 5.61. The van der Waals surface area contributed by atoms with Crippen LogP contribution < -0.4 is 0 Å². The fourth-order valence-corrected chi connectivity index (χ4v) is 1.65. The third kappa shape index (κ3) is 2.50. The lowest BCUT2D eigenvalue weighted by atomic mass is 10.1. The molecule has 2 rings (SSSR count). The van der Waals surface area contributed by atoms with Crippen LogP contribution in [0, 0.1) is 15.9 Å². The Hall–Kier alpha value is -2.17. The van der Waals surface area contributed by atoms with Gasteiger partial charge in [0.25, 0.3) is 5.69 Å². The molecule has 5 heteroatoms. The second kappa shape index (κ2) is 4.78. The molecule has 1 aliphatic heterocycles. The highest BCUT2D eigenvalue weighted by atomic mass is 19.1. The van der Waals surface area contributed by atoms with E-state index in [1.54, 1.807) is 6.20 Å². The molecule has 0 aromatic heterocycles. The summed E-state index contributed by atoms with van der Waals surface area (Å²) >= 11 is 0. The molecule has 0 spiro atoms. The molecule has 0 aliphatic carbocycles. The summed E-state index contributed by atoms with van der Waals surface area (Å²) in [7, 11) is 0. The molecule has 0 radical (unpaired) electrons. The van der Waals surface area contributed by atoms with Crippen LogP contribution in [0.3, 0.4) is 0 Å². The number of rotatable bonds is 3. The number of hydrogen-bond donors (Lipinski definition) is 0. The summed E-state index contributed by atoms with van der Waals surface area (Å²) in [6.45, 7) is 0.818. The molecular formula is C12H11FN2O2. The molecule has 0 bridgehead atoms. The Morgan fingerprint density at radius 1 is 1.47 bits per heavy atom. The fraction of sp³-hybridized carbons (Fsp3) is 0.167. The monoisotopic (exact) mass is 234 g/mol. The topological polar surface area (TPSA) is 46.4 Å². The van der Waals surface area contributed by atoms with Gasteiger partial charge in [-0.3, -0.25) is 10.1 Å². The van der Waals surface area contributed by atoms with Gasteiger partial charge in [0, 0.05) is 18.8 Å². The molecule has 0 saturated carbocycles. The minimum absolute atomic E-state index is 0.0119. The SMILES string of the molecule is O=[N+]([O-])c1cccc(F)c1C=CN1C=CCC1. The lowest BCUT2D eigenvalue weighted by Gasteiger charge is -2.08.